The summed E-state index contributed by atoms with van der Waals surface area (Å²) in [5, 5.41) is 17.4. The molecule has 0 aliphatic heterocycles. The number of nitrogens with one attached hydrogen (secondary N) is 1. The van der Waals surface area contributed by atoms with Gasteiger partial charge in [-0.15, -0.1) is 0 Å². The van der Waals surface area contributed by atoms with Crippen LogP contribution >= 0.6 is 11.8 Å². The smallest absolute Gasteiger partial charge is 0.259 e. The van der Waals surface area contributed by atoms with Gasteiger partial charge in [-0.1, -0.05) is 48.2 Å². The van der Waals surface area contributed by atoms with Crippen molar-refractivity contribution in [3.63, 3.8) is 0 Å². The van der Waals surface area contributed by atoms with Crippen molar-refractivity contribution >= 4 is 44.0 Å². The Morgan fingerprint density at radius 3 is 2.45 bits per heavy atom. The molecule has 0 bridgehead atoms. The van der Waals surface area contributed by atoms with Gasteiger partial charge in [-0.05, 0) is 47.9 Å². The average Bonchev–Trinajstić information content (AvgIpc) is 2.65. The van der Waals surface area contributed by atoms with Crippen LogP contribution in [0.1, 0.15) is 21.5 Å². The normalized spacial score (nSPS) is 11.8. The third-order valence-electron chi connectivity index (χ3n) is 4.36. The number of carbonyl (C=O) groups excluding carboxylic acids is 1. The number of fused-ring (bicyclic) bond motifs is 1. The number of thioether (sulfide) groups is 1. The molecule has 0 spiro atoms. The zero-order valence-electron chi connectivity index (χ0n) is 16.3. The summed E-state index contributed by atoms with van der Waals surface area (Å²) in [5.41, 5.74) is 2.72. The van der Waals surface area contributed by atoms with Gasteiger partial charge in [0.25, 0.3) is 5.91 Å². The maximum absolute atomic E-state index is 12.9. The summed E-state index contributed by atoms with van der Waals surface area (Å²) < 4.78 is 22.7. The molecule has 0 aliphatic carbocycles. The number of amides is 1. The number of anilines is 1. The second-order valence-electron chi connectivity index (χ2n) is 6.81. The number of aromatic hydroxyl groups is 1. The SMILES string of the molecule is Cc1ccc(C)c(NC(=O)c2cc(S/C=C/S(C)(=O)=O)c3ccccc3c2O)c1. The molecule has 3 rings (SSSR count). The second-order valence-corrected chi connectivity index (χ2v) is 9.69. The van der Waals surface area contributed by atoms with E-state index in [1.165, 1.54) is 17.2 Å². The van der Waals surface area contributed by atoms with Crippen molar-refractivity contribution < 1.29 is 18.3 Å². The number of rotatable bonds is 5. The van der Waals surface area contributed by atoms with E-state index in [1.54, 1.807) is 18.2 Å². The van der Waals surface area contributed by atoms with Crippen LogP contribution in [0.25, 0.3) is 10.8 Å². The Morgan fingerprint density at radius 2 is 1.76 bits per heavy atom. The maximum atomic E-state index is 12.9. The quantitative estimate of drug-likeness (QED) is 0.559. The number of phenolic OH excluding ortho intramolecular Hbond substituents is 1. The van der Waals surface area contributed by atoms with Gasteiger partial charge in [0.1, 0.15) is 5.75 Å². The lowest BCUT2D eigenvalue weighted by Crippen LogP contribution is -2.13. The van der Waals surface area contributed by atoms with Gasteiger partial charge in [-0.25, -0.2) is 8.42 Å². The summed E-state index contributed by atoms with van der Waals surface area (Å²) in [5.74, 6) is -0.546. The second kappa shape index (κ2) is 8.31. The minimum Gasteiger partial charge on any atom is -0.506 e. The number of phenols is 1. The molecule has 0 aromatic heterocycles. The first-order valence-electron chi connectivity index (χ1n) is 8.82. The number of hydrogen-bond acceptors (Lipinski definition) is 5. The van der Waals surface area contributed by atoms with Crippen LogP contribution in [0.4, 0.5) is 5.69 Å². The molecule has 0 heterocycles. The molecule has 0 atom stereocenters. The number of sulfone groups is 1. The first-order chi connectivity index (χ1) is 13.7. The Balaban J connectivity index is 2.05. The van der Waals surface area contributed by atoms with Gasteiger partial charge in [0.2, 0.25) is 0 Å². The molecule has 0 radical (unpaired) electrons. The van der Waals surface area contributed by atoms with Crippen LogP contribution in [-0.4, -0.2) is 25.7 Å². The molecule has 29 heavy (non-hydrogen) atoms. The van der Waals surface area contributed by atoms with E-state index in [-0.39, 0.29) is 11.3 Å². The zero-order chi connectivity index (χ0) is 21.2. The summed E-state index contributed by atoms with van der Waals surface area (Å²) >= 11 is 1.18. The Labute approximate surface area is 174 Å². The Morgan fingerprint density at radius 1 is 1.07 bits per heavy atom. The Bertz CT molecular complexity index is 1230. The fourth-order valence-electron chi connectivity index (χ4n) is 2.86. The first kappa shape index (κ1) is 21.0. The van der Waals surface area contributed by atoms with Crippen LogP contribution in [0.2, 0.25) is 0 Å². The first-order valence-corrected chi connectivity index (χ1v) is 11.7. The molecule has 0 unspecified atom stereocenters. The highest BCUT2D eigenvalue weighted by Gasteiger charge is 2.18. The van der Waals surface area contributed by atoms with Gasteiger partial charge in [-0.2, -0.15) is 0 Å². The maximum Gasteiger partial charge on any atom is 0.259 e. The Kier molecular flexibility index (Phi) is 6.00. The predicted octanol–water partition coefficient (Wildman–Crippen LogP) is 5.02. The molecule has 0 aliphatic rings. The lowest BCUT2D eigenvalue weighted by Gasteiger charge is -2.13. The summed E-state index contributed by atoms with van der Waals surface area (Å²) in [4.78, 5) is 13.6. The Hall–Kier alpha value is -2.77. The summed E-state index contributed by atoms with van der Waals surface area (Å²) in [6.45, 7) is 3.83. The van der Waals surface area contributed by atoms with E-state index in [4.69, 9.17) is 0 Å². The van der Waals surface area contributed by atoms with E-state index < -0.39 is 15.7 Å². The van der Waals surface area contributed by atoms with Crippen LogP contribution in [0.3, 0.4) is 0 Å². The van der Waals surface area contributed by atoms with Crippen molar-refractivity contribution in [2.45, 2.75) is 18.7 Å². The van der Waals surface area contributed by atoms with Crippen LogP contribution in [0.5, 0.6) is 5.75 Å². The molecular weight excluding hydrogens is 406 g/mol. The van der Waals surface area contributed by atoms with E-state index in [9.17, 15) is 18.3 Å². The molecule has 2 N–H and O–H groups in total. The van der Waals surface area contributed by atoms with Crippen molar-refractivity contribution in [2.24, 2.45) is 0 Å². The lowest BCUT2D eigenvalue weighted by atomic mass is 10.0. The van der Waals surface area contributed by atoms with Gasteiger partial charge in [-0.3, -0.25) is 4.79 Å². The van der Waals surface area contributed by atoms with Gasteiger partial charge >= 0.3 is 0 Å². The van der Waals surface area contributed by atoms with Crippen molar-refractivity contribution in [1.29, 1.82) is 0 Å². The molecule has 7 heteroatoms. The zero-order valence-corrected chi connectivity index (χ0v) is 17.9. The molecular formula is C22H21NO4S2. The third-order valence-corrected chi connectivity index (χ3v) is 6.03. The highest BCUT2D eigenvalue weighted by atomic mass is 32.2. The van der Waals surface area contributed by atoms with E-state index in [1.807, 2.05) is 44.2 Å². The molecule has 1 amide bonds. The molecule has 5 nitrogen and oxygen atoms in total. The van der Waals surface area contributed by atoms with E-state index in [2.05, 4.69) is 5.32 Å². The van der Waals surface area contributed by atoms with Gasteiger partial charge in [0, 0.05) is 27.6 Å². The van der Waals surface area contributed by atoms with Gasteiger partial charge < -0.3 is 10.4 Å². The minimum absolute atomic E-state index is 0.111. The van der Waals surface area contributed by atoms with Crippen molar-refractivity contribution in [2.75, 3.05) is 11.6 Å². The predicted molar refractivity (Wildman–Crippen MR) is 119 cm³/mol. The van der Waals surface area contributed by atoms with Crippen molar-refractivity contribution in [3.05, 3.63) is 76.0 Å². The van der Waals surface area contributed by atoms with Gasteiger partial charge in [0.15, 0.2) is 9.84 Å². The summed E-state index contributed by atoms with van der Waals surface area (Å²) in [6, 6.07) is 14.5. The topological polar surface area (TPSA) is 83.5 Å². The number of hydrogen-bond donors (Lipinski definition) is 2. The summed E-state index contributed by atoms with van der Waals surface area (Å²) in [6.07, 6.45) is 1.11. The average molecular weight is 428 g/mol. The molecule has 0 saturated heterocycles. The monoisotopic (exact) mass is 427 g/mol. The standard InChI is InChI=1S/C22H21NO4S2/c1-14-8-9-15(2)19(12-14)23-22(25)18-13-20(28-10-11-29(3,26)27)16-6-4-5-7-17(16)21(18)24/h4-13,24H,1-3H3,(H,23,25)/b11-10+. The van der Waals surface area contributed by atoms with Crippen LogP contribution in [-0.2, 0) is 9.84 Å². The molecule has 3 aromatic carbocycles. The van der Waals surface area contributed by atoms with Gasteiger partial charge in [0.05, 0.1) is 5.56 Å². The largest absolute Gasteiger partial charge is 0.506 e. The van der Waals surface area contributed by atoms with E-state index in [0.717, 1.165) is 28.2 Å². The number of carbonyl (C=O) groups is 1. The van der Waals surface area contributed by atoms with Crippen molar-refractivity contribution in [3.8, 4) is 5.75 Å². The fraction of sp³-hybridized carbons (Fsp3) is 0.136. The highest BCUT2D eigenvalue weighted by Crippen LogP contribution is 2.37. The van der Waals surface area contributed by atoms with Crippen LogP contribution in [0.15, 0.2) is 64.2 Å². The third kappa shape index (κ3) is 4.99. The number of benzene rings is 3. The summed E-state index contributed by atoms with van der Waals surface area (Å²) in [7, 11) is -3.26. The van der Waals surface area contributed by atoms with Crippen LogP contribution in [0, 0.1) is 13.8 Å². The number of aryl methyl sites for hydroxylation is 2. The van der Waals surface area contributed by atoms with Crippen molar-refractivity contribution in [1.82, 2.24) is 0 Å². The highest BCUT2D eigenvalue weighted by molar-refractivity contribution is 8.03. The minimum atomic E-state index is -3.26. The van der Waals surface area contributed by atoms with E-state index >= 15 is 0 Å². The molecule has 150 valence electrons. The molecule has 0 fully saturated rings. The van der Waals surface area contributed by atoms with E-state index in [0.29, 0.717) is 16.0 Å². The lowest BCUT2D eigenvalue weighted by molar-refractivity contribution is 0.102. The molecule has 0 saturated carbocycles. The fourth-order valence-corrected chi connectivity index (χ4v) is 4.53. The van der Waals surface area contributed by atoms with Crippen LogP contribution < -0.4 is 5.32 Å². The molecule has 3 aromatic rings.